The molecule has 0 atom stereocenters. The average Bonchev–Trinajstić information content (AvgIpc) is 2.90. The lowest BCUT2D eigenvalue weighted by Gasteiger charge is -2.09. The van der Waals surface area contributed by atoms with E-state index in [1.165, 1.54) is 12.1 Å². The number of amides is 1. The Morgan fingerprint density at radius 2 is 1.66 bits per heavy atom. The molecule has 0 bridgehead atoms. The first-order chi connectivity index (χ1) is 13.6. The van der Waals surface area contributed by atoms with Gasteiger partial charge in [-0.3, -0.25) is 4.79 Å². The number of hydrogen-bond acceptors (Lipinski definition) is 5. The Labute approximate surface area is 165 Å². The molecule has 7 nitrogen and oxygen atoms in total. The number of hydrogen-bond donors (Lipinski definition) is 2. The lowest BCUT2D eigenvalue weighted by atomic mass is 10.2. The second-order valence-electron chi connectivity index (χ2n) is 6.53. The van der Waals surface area contributed by atoms with Crippen LogP contribution in [0, 0.1) is 20.8 Å². The van der Waals surface area contributed by atoms with Gasteiger partial charge >= 0.3 is 6.18 Å². The minimum absolute atomic E-state index is 0.270. The number of nitrogens with one attached hydrogen (secondary N) is 2. The molecule has 0 spiro atoms. The summed E-state index contributed by atoms with van der Waals surface area (Å²) in [4.78, 5) is 11.3. The summed E-state index contributed by atoms with van der Waals surface area (Å²) in [7, 11) is 0. The molecule has 2 N–H and O–H groups in total. The molecule has 0 aliphatic carbocycles. The monoisotopic (exact) mass is 404 g/mol. The van der Waals surface area contributed by atoms with E-state index in [2.05, 4.69) is 25.9 Å². The van der Waals surface area contributed by atoms with Crippen molar-refractivity contribution >= 4 is 23.1 Å². The molecular weight excluding hydrogens is 385 g/mol. The van der Waals surface area contributed by atoms with E-state index in [0.717, 1.165) is 17.0 Å². The molecule has 29 heavy (non-hydrogen) atoms. The van der Waals surface area contributed by atoms with Crippen LogP contribution in [0.1, 0.15) is 23.4 Å². The highest BCUT2D eigenvalue weighted by Gasteiger charge is 2.31. The largest absolute Gasteiger partial charge is 0.397 e. The Balaban J connectivity index is 1.64. The molecule has 2 aromatic heterocycles. The highest BCUT2D eigenvalue weighted by atomic mass is 19.4. The molecule has 2 heterocycles. The van der Waals surface area contributed by atoms with Gasteiger partial charge < -0.3 is 10.6 Å². The smallest absolute Gasteiger partial charge is 0.339 e. The standard InChI is InChI=1S/C19H19F3N6O/c1-11-12(2)27-28(13(11)3)17-9-8-16(25-26-17)23-14-4-6-15(7-5-14)24-18(29)10-19(20,21)22/h4-9H,10H2,1-3H3,(H,23,25)(H,24,29). The van der Waals surface area contributed by atoms with Crippen LogP contribution < -0.4 is 10.6 Å². The van der Waals surface area contributed by atoms with Crippen LogP contribution in [0.25, 0.3) is 5.82 Å². The van der Waals surface area contributed by atoms with Gasteiger partial charge in [0.1, 0.15) is 6.42 Å². The number of rotatable bonds is 5. The van der Waals surface area contributed by atoms with Gasteiger partial charge in [-0.15, -0.1) is 10.2 Å². The average molecular weight is 404 g/mol. The van der Waals surface area contributed by atoms with E-state index in [0.29, 0.717) is 17.3 Å². The molecule has 0 saturated carbocycles. The van der Waals surface area contributed by atoms with Gasteiger partial charge in [0.05, 0.1) is 5.69 Å². The van der Waals surface area contributed by atoms with Crippen molar-refractivity contribution in [2.45, 2.75) is 33.4 Å². The highest BCUT2D eigenvalue weighted by Crippen LogP contribution is 2.22. The molecule has 152 valence electrons. The zero-order chi connectivity index (χ0) is 21.2. The minimum atomic E-state index is -4.54. The van der Waals surface area contributed by atoms with E-state index in [1.54, 1.807) is 28.9 Å². The summed E-state index contributed by atoms with van der Waals surface area (Å²) in [5.74, 6) is -0.0353. The normalized spacial score (nSPS) is 11.4. The van der Waals surface area contributed by atoms with Crippen LogP contribution in [0.3, 0.4) is 0 Å². The number of aryl methyl sites for hydroxylation is 1. The van der Waals surface area contributed by atoms with Gasteiger partial charge in [0.25, 0.3) is 0 Å². The molecule has 1 aromatic carbocycles. The minimum Gasteiger partial charge on any atom is -0.339 e. The molecule has 1 amide bonds. The predicted molar refractivity (Wildman–Crippen MR) is 102 cm³/mol. The first-order valence-corrected chi connectivity index (χ1v) is 8.73. The van der Waals surface area contributed by atoms with Crippen molar-refractivity contribution < 1.29 is 18.0 Å². The van der Waals surface area contributed by atoms with Crippen molar-refractivity contribution in [3.8, 4) is 5.82 Å². The maximum Gasteiger partial charge on any atom is 0.397 e. The number of anilines is 3. The van der Waals surface area contributed by atoms with E-state index < -0.39 is 18.5 Å². The van der Waals surface area contributed by atoms with Crippen molar-refractivity contribution in [2.24, 2.45) is 0 Å². The van der Waals surface area contributed by atoms with E-state index in [-0.39, 0.29) is 5.69 Å². The predicted octanol–water partition coefficient (Wildman–Crippen LogP) is 4.22. The van der Waals surface area contributed by atoms with Crippen LogP contribution in [0.5, 0.6) is 0 Å². The summed E-state index contributed by atoms with van der Waals surface area (Å²) in [5, 5.41) is 18.0. The van der Waals surface area contributed by atoms with Crippen LogP contribution >= 0.6 is 0 Å². The van der Waals surface area contributed by atoms with Gasteiger partial charge in [-0.2, -0.15) is 18.3 Å². The molecule has 0 fully saturated rings. The fourth-order valence-corrected chi connectivity index (χ4v) is 2.62. The van der Waals surface area contributed by atoms with Crippen LogP contribution in [-0.2, 0) is 4.79 Å². The molecule has 0 saturated heterocycles. The van der Waals surface area contributed by atoms with Gasteiger partial charge in [0.2, 0.25) is 5.91 Å². The number of aromatic nitrogens is 4. The molecule has 10 heteroatoms. The van der Waals surface area contributed by atoms with Crippen molar-refractivity contribution in [3.63, 3.8) is 0 Å². The molecule has 0 aliphatic rings. The summed E-state index contributed by atoms with van der Waals surface area (Å²) in [6.45, 7) is 5.88. The summed E-state index contributed by atoms with van der Waals surface area (Å²) in [6.07, 6.45) is -6.06. The fourth-order valence-electron chi connectivity index (χ4n) is 2.62. The van der Waals surface area contributed by atoms with Gasteiger partial charge in [0.15, 0.2) is 11.6 Å². The van der Waals surface area contributed by atoms with Gasteiger partial charge in [-0.25, -0.2) is 4.68 Å². The third kappa shape index (κ3) is 5.09. The van der Waals surface area contributed by atoms with Crippen molar-refractivity contribution in [2.75, 3.05) is 10.6 Å². The second-order valence-corrected chi connectivity index (χ2v) is 6.53. The highest BCUT2D eigenvalue weighted by molar-refractivity contribution is 5.91. The molecule has 3 aromatic rings. The number of carbonyl (C=O) groups excluding carboxylic acids is 1. The Hall–Kier alpha value is -3.43. The number of alkyl halides is 3. The third-order valence-electron chi connectivity index (χ3n) is 4.32. The lowest BCUT2D eigenvalue weighted by Crippen LogP contribution is -2.21. The zero-order valence-electron chi connectivity index (χ0n) is 16.0. The third-order valence-corrected chi connectivity index (χ3v) is 4.32. The summed E-state index contributed by atoms with van der Waals surface area (Å²) in [5.41, 5.74) is 3.92. The Morgan fingerprint density at radius 3 is 2.17 bits per heavy atom. The topological polar surface area (TPSA) is 84.7 Å². The molecular formula is C19H19F3N6O. The van der Waals surface area contributed by atoms with Gasteiger partial charge in [-0.05, 0) is 62.7 Å². The van der Waals surface area contributed by atoms with E-state index >= 15 is 0 Å². The molecule has 0 radical (unpaired) electrons. The maximum atomic E-state index is 12.2. The molecule has 0 aliphatic heterocycles. The van der Waals surface area contributed by atoms with Crippen LogP contribution in [0.4, 0.5) is 30.4 Å². The van der Waals surface area contributed by atoms with Crippen molar-refractivity contribution in [1.82, 2.24) is 20.0 Å². The van der Waals surface area contributed by atoms with Crippen LogP contribution in [-0.4, -0.2) is 32.1 Å². The molecule has 3 rings (SSSR count). The van der Waals surface area contributed by atoms with Crippen molar-refractivity contribution in [1.29, 1.82) is 0 Å². The SMILES string of the molecule is Cc1nn(-c2ccc(Nc3ccc(NC(=O)CC(F)(F)F)cc3)nn2)c(C)c1C. The number of benzene rings is 1. The van der Waals surface area contributed by atoms with Crippen molar-refractivity contribution in [3.05, 3.63) is 53.3 Å². The summed E-state index contributed by atoms with van der Waals surface area (Å²) < 4.78 is 38.3. The first-order valence-electron chi connectivity index (χ1n) is 8.73. The van der Waals surface area contributed by atoms with Crippen LogP contribution in [0.2, 0.25) is 0 Å². The quantitative estimate of drug-likeness (QED) is 0.665. The fraction of sp³-hybridized carbons (Fsp3) is 0.263. The maximum absolute atomic E-state index is 12.2. The number of nitrogens with zero attached hydrogens (tertiary/aromatic N) is 4. The van der Waals surface area contributed by atoms with E-state index in [9.17, 15) is 18.0 Å². The van der Waals surface area contributed by atoms with Gasteiger partial charge in [-0.1, -0.05) is 0 Å². The Morgan fingerprint density at radius 1 is 1.00 bits per heavy atom. The Kier molecular flexibility index (Phi) is 5.53. The molecule has 0 unspecified atom stereocenters. The Bertz CT molecular complexity index is 1010. The zero-order valence-corrected chi connectivity index (χ0v) is 16.0. The summed E-state index contributed by atoms with van der Waals surface area (Å²) in [6, 6.07) is 9.74. The van der Waals surface area contributed by atoms with E-state index in [1.807, 2.05) is 20.8 Å². The van der Waals surface area contributed by atoms with Crippen LogP contribution in [0.15, 0.2) is 36.4 Å². The number of halogens is 3. The van der Waals surface area contributed by atoms with E-state index in [4.69, 9.17) is 0 Å². The lowest BCUT2D eigenvalue weighted by molar-refractivity contribution is -0.150. The number of carbonyl (C=O) groups is 1. The van der Waals surface area contributed by atoms with Gasteiger partial charge in [0, 0.05) is 17.1 Å². The summed E-state index contributed by atoms with van der Waals surface area (Å²) >= 11 is 0. The second kappa shape index (κ2) is 7.90. The first kappa shape index (κ1) is 20.3.